The van der Waals surface area contributed by atoms with Gasteiger partial charge in [-0.15, -0.1) is 11.8 Å². The van der Waals surface area contributed by atoms with Crippen molar-refractivity contribution in [2.75, 3.05) is 18.0 Å². The first-order valence-electron chi connectivity index (χ1n) is 10.4. The van der Waals surface area contributed by atoms with Crippen LogP contribution in [0.4, 0.5) is 11.4 Å². The number of hydrogen-bond acceptors (Lipinski definition) is 7. The van der Waals surface area contributed by atoms with Gasteiger partial charge in [-0.3, -0.25) is 10.1 Å². The van der Waals surface area contributed by atoms with Gasteiger partial charge in [0.1, 0.15) is 23.5 Å². The van der Waals surface area contributed by atoms with Gasteiger partial charge < -0.3 is 14.4 Å². The predicted octanol–water partition coefficient (Wildman–Crippen LogP) is 5.28. The number of aldehydes is 1. The van der Waals surface area contributed by atoms with Crippen molar-refractivity contribution in [3.05, 3.63) is 82.5 Å². The van der Waals surface area contributed by atoms with E-state index in [1.54, 1.807) is 42.2 Å². The standard InChI is InChI=1S/C24H23N3O4S/c28-16-12-18-4-6-19(7-5-18)31-20-8-9-22(27(29)30)23(17-20)26-14-10-21(11-15-26)32-24-3-1-2-13-25-24/h1-9,13,16-17,21H,10-12,14-15H2. The van der Waals surface area contributed by atoms with E-state index in [9.17, 15) is 14.9 Å². The average molecular weight is 450 g/mol. The van der Waals surface area contributed by atoms with Crippen molar-refractivity contribution in [1.29, 1.82) is 0 Å². The van der Waals surface area contributed by atoms with Crippen molar-refractivity contribution in [1.82, 2.24) is 4.98 Å². The molecule has 0 unspecified atom stereocenters. The fourth-order valence-corrected chi connectivity index (χ4v) is 4.77. The van der Waals surface area contributed by atoms with Crippen molar-refractivity contribution in [2.24, 2.45) is 0 Å². The zero-order chi connectivity index (χ0) is 22.3. The van der Waals surface area contributed by atoms with Crippen LogP contribution in [0.3, 0.4) is 0 Å². The number of pyridine rings is 1. The Bertz CT molecular complexity index is 1070. The lowest BCUT2D eigenvalue weighted by molar-refractivity contribution is -0.384. The van der Waals surface area contributed by atoms with Crippen molar-refractivity contribution in [3.63, 3.8) is 0 Å². The first-order chi connectivity index (χ1) is 15.6. The van der Waals surface area contributed by atoms with Crippen molar-refractivity contribution in [2.45, 2.75) is 29.5 Å². The third-order valence-electron chi connectivity index (χ3n) is 5.33. The first-order valence-corrected chi connectivity index (χ1v) is 11.3. The lowest BCUT2D eigenvalue weighted by Crippen LogP contribution is -2.35. The van der Waals surface area contributed by atoms with Gasteiger partial charge in [-0.2, -0.15) is 0 Å². The molecular weight excluding hydrogens is 426 g/mol. The zero-order valence-corrected chi connectivity index (χ0v) is 18.2. The van der Waals surface area contributed by atoms with Crippen molar-refractivity contribution in [3.8, 4) is 11.5 Å². The van der Waals surface area contributed by atoms with Gasteiger partial charge in [0.05, 0.1) is 9.95 Å². The molecule has 0 spiro atoms. The lowest BCUT2D eigenvalue weighted by atomic mass is 10.1. The Labute approximate surface area is 190 Å². The van der Waals surface area contributed by atoms with Crippen LogP contribution in [0.5, 0.6) is 11.5 Å². The van der Waals surface area contributed by atoms with E-state index in [1.807, 2.05) is 30.3 Å². The number of nitrogens with zero attached hydrogens (tertiary/aromatic N) is 3. The van der Waals surface area contributed by atoms with Crippen LogP contribution in [0.15, 0.2) is 71.9 Å². The number of rotatable bonds is 8. The molecule has 0 radical (unpaired) electrons. The van der Waals surface area contributed by atoms with E-state index in [0.717, 1.165) is 42.8 Å². The van der Waals surface area contributed by atoms with Crippen molar-refractivity contribution >= 4 is 29.4 Å². The van der Waals surface area contributed by atoms with Gasteiger partial charge in [0, 0.05) is 43.1 Å². The van der Waals surface area contributed by atoms with Gasteiger partial charge in [-0.1, -0.05) is 18.2 Å². The monoisotopic (exact) mass is 449 g/mol. The minimum absolute atomic E-state index is 0.0783. The maximum atomic E-state index is 11.6. The summed E-state index contributed by atoms with van der Waals surface area (Å²) in [5.74, 6) is 1.16. The van der Waals surface area contributed by atoms with Gasteiger partial charge in [0.15, 0.2) is 0 Å². The Morgan fingerprint density at radius 3 is 2.50 bits per heavy atom. The number of benzene rings is 2. The molecule has 1 fully saturated rings. The number of thioether (sulfide) groups is 1. The maximum Gasteiger partial charge on any atom is 0.292 e. The van der Waals surface area contributed by atoms with E-state index >= 15 is 0 Å². The summed E-state index contributed by atoms with van der Waals surface area (Å²) in [4.78, 5) is 28.4. The number of aromatic nitrogens is 1. The highest BCUT2D eigenvalue weighted by Gasteiger charge is 2.26. The molecule has 0 aliphatic carbocycles. The van der Waals surface area contributed by atoms with Gasteiger partial charge in [-0.05, 0) is 48.7 Å². The summed E-state index contributed by atoms with van der Waals surface area (Å²) in [6.45, 7) is 1.46. The summed E-state index contributed by atoms with van der Waals surface area (Å²) in [7, 11) is 0. The molecule has 0 saturated carbocycles. The SMILES string of the molecule is O=CCc1ccc(Oc2ccc([N+](=O)[O-])c(N3CCC(Sc4ccccn4)CC3)c2)cc1. The molecule has 7 nitrogen and oxygen atoms in total. The van der Waals surface area contributed by atoms with Crippen LogP contribution >= 0.6 is 11.8 Å². The molecule has 0 atom stereocenters. The van der Waals surface area contributed by atoms with Crippen LogP contribution in [0, 0.1) is 10.1 Å². The molecule has 1 aromatic heterocycles. The summed E-state index contributed by atoms with van der Waals surface area (Å²) < 4.78 is 5.93. The lowest BCUT2D eigenvalue weighted by Gasteiger charge is -2.33. The quantitative estimate of drug-likeness (QED) is 0.263. The summed E-state index contributed by atoms with van der Waals surface area (Å²) in [6.07, 6.45) is 4.85. The topological polar surface area (TPSA) is 85.6 Å². The second kappa shape index (κ2) is 10.3. The minimum Gasteiger partial charge on any atom is -0.457 e. The molecule has 0 N–H and O–H groups in total. The van der Waals surface area contributed by atoms with Crippen LogP contribution in [0.1, 0.15) is 18.4 Å². The number of nitro groups is 1. The van der Waals surface area contributed by atoms with E-state index in [-0.39, 0.29) is 10.6 Å². The predicted molar refractivity (Wildman–Crippen MR) is 125 cm³/mol. The van der Waals surface area contributed by atoms with E-state index < -0.39 is 0 Å². The zero-order valence-electron chi connectivity index (χ0n) is 17.4. The highest BCUT2D eigenvalue weighted by molar-refractivity contribution is 7.99. The minimum atomic E-state index is -0.345. The fourth-order valence-electron chi connectivity index (χ4n) is 3.70. The molecule has 0 bridgehead atoms. The number of anilines is 1. The van der Waals surface area contributed by atoms with Crippen LogP contribution in [0.25, 0.3) is 0 Å². The molecule has 2 heterocycles. The summed E-state index contributed by atoms with van der Waals surface area (Å²) in [6, 6.07) is 18.0. The molecular formula is C24H23N3O4S. The Balaban J connectivity index is 1.46. The molecule has 2 aromatic carbocycles. The van der Waals surface area contributed by atoms with Crippen LogP contribution in [0.2, 0.25) is 0 Å². The summed E-state index contributed by atoms with van der Waals surface area (Å²) in [5, 5.41) is 13.1. The summed E-state index contributed by atoms with van der Waals surface area (Å²) in [5.41, 5.74) is 1.56. The van der Waals surface area contributed by atoms with E-state index in [0.29, 0.717) is 28.9 Å². The van der Waals surface area contributed by atoms with Gasteiger partial charge >= 0.3 is 0 Å². The van der Waals surface area contributed by atoms with Crippen LogP contribution in [-0.2, 0) is 11.2 Å². The number of piperidine rings is 1. The molecule has 1 saturated heterocycles. The van der Waals surface area contributed by atoms with Crippen LogP contribution < -0.4 is 9.64 Å². The molecule has 164 valence electrons. The number of hydrogen-bond donors (Lipinski definition) is 0. The van der Waals surface area contributed by atoms with Gasteiger partial charge in [-0.25, -0.2) is 4.98 Å². The van der Waals surface area contributed by atoms with E-state index in [4.69, 9.17) is 4.74 Å². The summed E-state index contributed by atoms with van der Waals surface area (Å²) >= 11 is 1.76. The number of carbonyl (C=O) groups excluding carboxylic acids is 1. The molecule has 4 rings (SSSR count). The highest BCUT2D eigenvalue weighted by atomic mass is 32.2. The molecule has 8 heteroatoms. The highest BCUT2D eigenvalue weighted by Crippen LogP contribution is 2.37. The Hall–Kier alpha value is -3.39. The van der Waals surface area contributed by atoms with Gasteiger partial charge in [0.25, 0.3) is 5.69 Å². The number of nitro benzene ring substituents is 1. The Morgan fingerprint density at radius 2 is 1.84 bits per heavy atom. The normalized spacial score (nSPS) is 14.2. The third kappa shape index (κ3) is 5.45. The second-order valence-electron chi connectivity index (χ2n) is 7.50. The molecule has 1 aliphatic heterocycles. The van der Waals surface area contributed by atoms with E-state index in [2.05, 4.69) is 9.88 Å². The first kappa shape index (κ1) is 21.8. The van der Waals surface area contributed by atoms with Crippen LogP contribution in [-0.4, -0.2) is 34.5 Å². The largest absolute Gasteiger partial charge is 0.457 e. The van der Waals surface area contributed by atoms with Crippen molar-refractivity contribution < 1.29 is 14.5 Å². The molecule has 1 aliphatic rings. The smallest absolute Gasteiger partial charge is 0.292 e. The Morgan fingerprint density at radius 1 is 1.09 bits per heavy atom. The second-order valence-corrected chi connectivity index (χ2v) is 8.82. The number of carbonyl (C=O) groups is 1. The Kier molecular flexibility index (Phi) is 7.01. The van der Waals surface area contributed by atoms with Gasteiger partial charge in [0.2, 0.25) is 0 Å². The molecule has 3 aromatic rings. The third-order valence-corrected chi connectivity index (χ3v) is 6.62. The number of ether oxygens (including phenoxy) is 1. The molecule has 0 amide bonds. The van der Waals surface area contributed by atoms with E-state index in [1.165, 1.54) is 6.07 Å². The average Bonchev–Trinajstić information content (AvgIpc) is 2.81. The maximum absolute atomic E-state index is 11.6. The fraction of sp³-hybridized carbons (Fsp3) is 0.250. The molecule has 32 heavy (non-hydrogen) atoms.